The molecule has 1 amide bonds. The predicted molar refractivity (Wildman–Crippen MR) is 144 cm³/mol. The lowest BCUT2D eigenvalue weighted by molar-refractivity contribution is 0.0950. The fourth-order valence-electron chi connectivity index (χ4n) is 4.90. The lowest BCUT2D eigenvalue weighted by Gasteiger charge is -2.16. The van der Waals surface area contributed by atoms with E-state index in [1.54, 1.807) is 28.9 Å². The number of hydrogen-bond donors (Lipinski definition) is 2. The fraction of sp³-hybridized carbons (Fsp3) is 0.345. The number of benzene rings is 2. The summed E-state index contributed by atoms with van der Waals surface area (Å²) in [6.45, 7) is 5.88. The number of aryl methyl sites for hydroxylation is 1. The molecule has 0 atom stereocenters. The molecule has 2 N–H and O–H groups in total. The van der Waals surface area contributed by atoms with E-state index in [0.717, 1.165) is 61.5 Å². The maximum absolute atomic E-state index is 13.8. The number of imidazole rings is 1. The molecule has 6 rings (SSSR count). The molecule has 2 aromatic heterocycles. The first-order chi connectivity index (χ1) is 18.5. The number of nitrogens with one attached hydrogen (secondary N) is 2. The molecule has 2 aromatic carbocycles. The Morgan fingerprint density at radius 1 is 1.13 bits per heavy atom. The number of halogens is 1. The molecule has 0 radical (unpaired) electrons. The molecule has 0 spiro atoms. The van der Waals surface area contributed by atoms with Crippen LogP contribution in [0.2, 0.25) is 0 Å². The number of rotatable bonds is 9. The van der Waals surface area contributed by atoms with Crippen LogP contribution in [0.3, 0.4) is 0 Å². The summed E-state index contributed by atoms with van der Waals surface area (Å²) >= 11 is 0. The Kier molecular flexibility index (Phi) is 6.68. The Bertz CT molecular complexity index is 1480. The zero-order valence-electron chi connectivity index (χ0n) is 21.4. The second kappa shape index (κ2) is 10.4. The van der Waals surface area contributed by atoms with E-state index in [1.807, 2.05) is 25.1 Å². The summed E-state index contributed by atoms with van der Waals surface area (Å²) < 4.78 is 21.5. The van der Waals surface area contributed by atoms with Crippen LogP contribution in [0.15, 0.2) is 54.7 Å². The molecule has 1 aliphatic carbocycles. The van der Waals surface area contributed by atoms with Gasteiger partial charge in [-0.15, -0.1) is 5.10 Å². The quantitative estimate of drug-likeness (QED) is 0.326. The van der Waals surface area contributed by atoms with Crippen molar-refractivity contribution in [3.63, 3.8) is 0 Å². The second-order valence-electron chi connectivity index (χ2n) is 10.1. The van der Waals surface area contributed by atoms with Gasteiger partial charge in [0.25, 0.3) is 5.91 Å². The number of anilines is 1. The Balaban J connectivity index is 1.33. The Morgan fingerprint density at radius 3 is 2.74 bits per heavy atom. The van der Waals surface area contributed by atoms with Gasteiger partial charge < -0.3 is 20.3 Å². The molecule has 1 saturated heterocycles. The topological polar surface area (TPSA) is 83.8 Å². The molecular formula is C29H31FN6O2. The van der Waals surface area contributed by atoms with Crippen LogP contribution in [0, 0.1) is 12.7 Å². The van der Waals surface area contributed by atoms with Crippen molar-refractivity contribution in [3.05, 3.63) is 71.7 Å². The number of fused-ring (bicyclic) bond motifs is 1. The standard InChI is InChI=1S/C29H31FN6O2/c1-19-15-20(7-10-24(19)29(37)33-22-8-9-22)26-18-32-28-25(31-11-14-35-12-2-3-13-35)17-27(34-36(26)28)38-23-6-4-5-21(30)16-23/h4-7,10,15-18,22,31H,2-3,8-9,11-14H2,1H3,(H,33,37). The molecule has 2 aliphatic rings. The Hall–Kier alpha value is -3.98. The number of amides is 1. The lowest BCUT2D eigenvalue weighted by atomic mass is 10.0. The minimum Gasteiger partial charge on any atom is -0.437 e. The van der Waals surface area contributed by atoms with Crippen LogP contribution in [-0.4, -0.2) is 57.6 Å². The van der Waals surface area contributed by atoms with Gasteiger partial charge in [0.1, 0.15) is 11.6 Å². The first-order valence-electron chi connectivity index (χ1n) is 13.2. The number of aromatic nitrogens is 3. The first kappa shape index (κ1) is 24.4. The molecule has 0 bridgehead atoms. The van der Waals surface area contributed by atoms with E-state index in [4.69, 9.17) is 9.84 Å². The number of carbonyl (C=O) groups excluding carboxylic acids is 1. The molecule has 38 heavy (non-hydrogen) atoms. The molecule has 8 nitrogen and oxygen atoms in total. The van der Waals surface area contributed by atoms with Gasteiger partial charge in [0.15, 0.2) is 5.65 Å². The summed E-state index contributed by atoms with van der Waals surface area (Å²) in [4.78, 5) is 19.7. The minimum absolute atomic E-state index is 0.0388. The van der Waals surface area contributed by atoms with Crippen molar-refractivity contribution < 1.29 is 13.9 Å². The Morgan fingerprint density at radius 2 is 1.97 bits per heavy atom. The summed E-state index contributed by atoms with van der Waals surface area (Å²) in [6, 6.07) is 13.9. The zero-order valence-corrected chi connectivity index (χ0v) is 21.4. The smallest absolute Gasteiger partial charge is 0.251 e. The highest BCUT2D eigenvalue weighted by Gasteiger charge is 2.24. The largest absolute Gasteiger partial charge is 0.437 e. The molecule has 3 heterocycles. The SMILES string of the molecule is Cc1cc(-c2cnc3c(NCCN4CCCC4)cc(Oc4cccc(F)c4)nn23)ccc1C(=O)NC1CC1. The van der Waals surface area contributed by atoms with Crippen molar-refractivity contribution in [2.45, 2.75) is 38.6 Å². The third-order valence-corrected chi connectivity index (χ3v) is 7.09. The molecular weight excluding hydrogens is 483 g/mol. The van der Waals surface area contributed by atoms with E-state index < -0.39 is 0 Å². The van der Waals surface area contributed by atoms with E-state index in [-0.39, 0.29) is 11.7 Å². The van der Waals surface area contributed by atoms with Gasteiger partial charge in [-0.1, -0.05) is 12.1 Å². The van der Waals surface area contributed by atoms with E-state index in [0.29, 0.717) is 28.9 Å². The van der Waals surface area contributed by atoms with Crippen molar-refractivity contribution in [2.24, 2.45) is 0 Å². The van der Waals surface area contributed by atoms with Gasteiger partial charge in [-0.3, -0.25) is 4.79 Å². The molecule has 9 heteroatoms. The van der Waals surface area contributed by atoms with Crippen molar-refractivity contribution in [1.82, 2.24) is 24.8 Å². The van der Waals surface area contributed by atoms with Crippen molar-refractivity contribution in [3.8, 4) is 22.9 Å². The van der Waals surface area contributed by atoms with Crippen LogP contribution in [0.1, 0.15) is 41.6 Å². The van der Waals surface area contributed by atoms with Gasteiger partial charge in [-0.05, 0) is 75.5 Å². The summed E-state index contributed by atoms with van der Waals surface area (Å²) in [5.74, 6) is 0.270. The highest BCUT2D eigenvalue weighted by molar-refractivity contribution is 5.96. The summed E-state index contributed by atoms with van der Waals surface area (Å²) in [6.07, 6.45) is 6.36. The van der Waals surface area contributed by atoms with Gasteiger partial charge in [0.05, 0.1) is 17.6 Å². The second-order valence-corrected chi connectivity index (χ2v) is 10.1. The summed E-state index contributed by atoms with van der Waals surface area (Å²) in [5, 5.41) is 11.3. The third-order valence-electron chi connectivity index (χ3n) is 7.09. The van der Waals surface area contributed by atoms with Gasteiger partial charge in [0, 0.05) is 42.4 Å². The molecule has 0 unspecified atom stereocenters. The van der Waals surface area contributed by atoms with Crippen LogP contribution in [-0.2, 0) is 0 Å². The van der Waals surface area contributed by atoms with Gasteiger partial charge >= 0.3 is 0 Å². The molecule has 2 fully saturated rings. The molecule has 196 valence electrons. The summed E-state index contributed by atoms with van der Waals surface area (Å²) in [7, 11) is 0. The number of nitrogens with zero attached hydrogens (tertiary/aromatic N) is 4. The fourth-order valence-corrected chi connectivity index (χ4v) is 4.90. The minimum atomic E-state index is -0.378. The van der Waals surface area contributed by atoms with Crippen molar-refractivity contribution in [1.29, 1.82) is 0 Å². The van der Waals surface area contributed by atoms with Crippen LogP contribution in [0.5, 0.6) is 11.6 Å². The number of likely N-dealkylation sites (tertiary alicyclic amines) is 1. The number of ether oxygens (including phenoxy) is 1. The van der Waals surface area contributed by atoms with E-state index in [9.17, 15) is 9.18 Å². The normalized spacial score (nSPS) is 15.6. The van der Waals surface area contributed by atoms with E-state index >= 15 is 0 Å². The zero-order chi connectivity index (χ0) is 26.1. The summed E-state index contributed by atoms with van der Waals surface area (Å²) in [5.41, 5.74) is 4.66. The molecule has 1 aliphatic heterocycles. The highest BCUT2D eigenvalue weighted by atomic mass is 19.1. The van der Waals surface area contributed by atoms with Crippen LogP contribution in [0.4, 0.5) is 10.1 Å². The number of hydrogen-bond acceptors (Lipinski definition) is 6. The third kappa shape index (κ3) is 5.33. The van der Waals surface area contributed by atoms with Gasteiger partial charge in [-0.2, -0.15) is 0 Å². The number of carbonyl (C=O) groups is 1. The van der Waals surface area contributed by atoms with Gasteiger partial charge in [0.2, 0.25) is 5.88 Å². The van der Waals surface area contributed by atoms with Crippen LogP contribution in [0.25, 0.3) is 16.9 Å². The van der Waals surface area contributed by atoms with E-state index in [2.05, 4.69) is 20.5 Å². The Labute approximate surface area is 220 Å². The van der Waals surface area contributed by atoms with Crippen molar-refractivity contribution >= 4 is 17.2 Å². The highest BCUT2D eigenvalue weighted by Crippen LogP contribution is 2.30. The van der Waals surface area contributed by atoms with E-state index in [1.165, 1.54) is 25.0 Å². The van der Waals surface area contributed by atoms with Crippen molar-refractivity contribution in [2.75, 3.05) is 31.5 Å². The predicted octanol–water partition coefficient (Wildman–Crippen LogP) is 5.04. The molecule has 1 saturated carbocycles. The molecule has 4 aromatic rings. The maximum atomic E-state index is 13.8. The average Bonchev–Trinajstić information content (AvgIpc) is 3.36. The van der Waals surface area contributed by atoms with Crippen LogP contribution < -0.4 is 15.4 Å². The van der Waals surface area contributed by atoms with Crippen LogP contribution >= 0.6 is 0 Å². The first-order valence-corrected chi connectivity index (χ1v) is 13.2. The monoisotopic (exact) mass is 514 g/mol. The average molecular weight is 515 g/mol. The lowest BCUT2D eigenvalue weighted by Crippen LogP contribution is -2.26. The van der Waals surface area contributed by atoms with Gasteiger partial charge in [-0.25, -0.2) is 13.9 Å². The maximum Gasteiger partial charge on any atom is 0.251 e.